The minimum atomic E-state index is 0.0137. The molecule has 5 heteroatoms. The number of carbonyl (C=O) groups is 1. The maximum Gasteiger partial charge on any atom is 0.274 e. The number of thiophene rings is 1. The van der Waals surface area contributed by atoms with Crippen LogP contribution in [0.15, 0.2) is 47.8 Å². The second kappa shape index (κ2) is 6.24. The summed E-state index contributed by atoms with van der Waals surface area (Å²) in [6, 6.07) is 14.4. The lowest BCUT2D eigenvalue weighted by Crippen LogP contribution is -2.31. The van der Waals surface area contributed by atoms with Gasteiger partial charge in [0.15, 0.2) is 5.69 Å². The van der Waals surface area contributed by atoms with E-state index in [1.54, 1.807) is 11.3 Å². The zero-order valence-corrected chi connectivity index (χ0v) is 14.3. The molecule has 1 N–H and O–H groups in total. The highest BCUT2D eigenvalue weighted by atomic mass is 32.1. The molecule has 24 heavy (non-hydrogen) atoms. The first-order valence-electron chi connectivity index (χ1n) is 8.20. The Morgan fingerprint density at radius 2 is 2.17 bits per heavy atom. The summed E-state index contributed by atoms with van der Waals surface area (Å²) in [6.45, 7) is 2.90. The molecular weight excluding hydrogens is 318 g/mol. The van der Waals surface area contributed by atoms with E-state index in [9.17, 15) is 4.79 Å². The number of benzene rings is 1. The highest BCUT2D eigenvalue weighted by Crippen LogP contribution is 2.35. The number of aromatic amines is 1. The smallest absolute Gasteiger partial charge is 0.274 e. The number of carbonyl (C=O) groups excluding carboxylic acids is 1. The predicted octanol–water partition coefficient (Wildman–Crippen LogP) is 4.42. The van der Waals surface area contributed by atoms with Crippen LogP contribution in [0.1, 0.15) is 40.5 Å². The summed E-state index contributed by atoms with van der Waals surface area (Å²) in [5, 5.41) is 9.27. The van der Waals surface area contributed by atoms with Crippen LogP contribution in [0.4, 0.5) is 0 Å². The standard InChI is InChI=1S/C19H19N3OS/c1-13-6-2-3-7-14(13)17-8-4-10-22(17)19(23)16-12-15(20-21-16)18-9-5-11-24-18/h2-3,5-7,9,11-12,17H,4,8,10H2,1H3,(H,20,21). The maximum absolute atomic E-state index is 13.0. The average molecular weight is 337 g/mol. The number of H-pyrrole nitrogens is 1. The maximum atomic E-state index is 13.0. The van der Waals surface area contributed by atoms with Gasteiger partial charge < -0.3 is 4.90 Å². The normalized spacial score (nSPS) is 17.4. The molecule has 0 aliphatic carbocycles. The summed E-state index contributed by atoms with van der Waals surface area (Å²) >= 11 is 1.64. The van der Waals surface area contributed by atoms with Gasteiger partial charge in [-0.3, -0.25) is 9.89 Å². The molecule has 0 radical (unpaired) electrons. The van der Waals surface area contributed by atoms with Gasteiger partial charge in [0.1, 0.15) is 0 Å². The van der Waals surface area contributed by atoms with Crippen LogP contribution in [0.5, 0.6) is 0 Å². The summed E-state index contributed by atoms with van der Waals surface area (Å²) in [5.41, 5.74) is 3.89. The Labute approximate surface area is 145 Å². The average Bonchev–Trinajstić information content (AvgIpc) is 3.34. The van der Waals surface area contributed by atoms with Crippen LogP contribution in [-0.2, 0) is 0 Å². The molecule has 3 heterocycles. The van der Waals surface area contributed by atoms with Crippen molar-refractivity contribution in [2.24, 2.45) is 0 Å². The Morgan fingerprint density at radius 1 is 1.29 bits per heavy atom. The summed E-state index contributed by atoms with van der Waals surface area (Å²) in [5.74, 6) is 0.0137. The molecule has 122 valence electrons. The quantitative estimate of drug-likeness (QED) is 0.769. The van der Waals surface area contributed by atoms with Gasteiger partial charge in [-0.1, -0.05) is 30.3 Å². The van der Waals surface area contributed by atoms with E-state index in [0.717, 1.165) is 30.0 Å². The van der Waals surface area contributed by atoms with Crippen LogP contribution in [0.3, 0.4) is 0 Å². The largest absolute Gasteiger partial charge is 0.330 e. The number of hydrogen-bond acceptors (Lipinski definition) is 3. The van der Waals surface area contributed by atoms with Gasteiger partial charge in [-0.2, -0.15) is 5.10 Å². The van der Waals surface area contributed by atoms with E-state index in [-0.39, 0.29) is 11.9 Å². The van der Waals surface area contributed by atoms with Crippen molar-refractivity contribution in [3.8, 4) is 10.6 Å². The third-order valence-electron chi connectivity index (χ3n) is 4.64. The summed E-state index contributed by atoms with van der Waals surface area (Å²) in [7, 11) is 0. The van der Waals surface area contributed by atoms with Crippen molar-refractivity contribution in [2.75, 3.05) is 6.54 Å². The molecule has 1 aliphatic heterocycles. The van der Waals surface area contributed by atoms with E-state index in [0.29, 0.717) is 5.69 Å². The van der Waals surface area contributed by atoms with Crippen LogP contribution in [0.25, 0.3) is 10.6 Å². The molecule has 2 aromatic heterocycles. The highest BCUT2D eigenvalue weighted by Gasteiger charge is 2.32. The molecule has 0 bridgehead atoms. The highest BCUT2D eigenvalue weighted by molar-refractivity contribution is 7.13. The summed E-state index contributed by atoms with van der Waals surface area (Å²) in [6.07, 6.45) is 2.05. The van der Waals surface area contributed by atoms with Gasteiger partial charge in [0.25, 0.3) is 5.91 Å². The summed E-state index contributed by atoms with van der Waals surface area (Å²) < 4.78 is 0. The number of amides is 1. The van der Waals surface area contributed by atoms with Crippen molar-refractivity contribution >= 4 is 17.2 Å². The second-order valence-corrected chi connectivity index (χ2v) is 7.11. The first-order valence-corrected chi connectivity index (χ1v) is 9.08. The number of nitrogens with zero attached hydrogens (tertiary/aromatic N) is 2. The molecule has 4 nitrogen and oxygen atoms in total. The lowest BCUT2D eigenvalue weighted by atomic mass is 9.99. The van der Waals surface area contributed by atoms with Crippen molar-refractivity contribution in [1.29, 1.82) is 0 Å². The minimum absolute atomic E-state index is 0.0137. The third-order valence-corrected chi connectivity index (χ3v) is 5.55. The van der Waals surface area contributed by atoms with Gasteiger partial charge >= 0.3 is 0 Å². The first kappa shape index (κ1) is 15.1. The van der Waals surface area contributed by atoms with Gasteiger partial charge in [-0.15, -0.1) is 11.3 Å². The van der Waals surface area contributed by atoms with E-state index in [4.69, 9.17) is 0 Å². The van der Waals surface area contributed by atoms with E-state index in [1.807, 2.05) is 40.6 Å². The van der Waals surface area contributed by atoms with Crippen LogP contribution in [0, 0.1) is 6.92 Å². The van der Waals surface area contributed by atoms with Crippen LogP contribution >= 0.6 is 11.3 Å². The van der Waals surface area contributed by atoms with Crippen molar-refractivity contribution in [1.82, 2.24) is 15.1 Å². The lowest BCUT2D eigenvalue weighted by molar-refractivity contribution is 0.0729. The Morgan fingerprint density at radius 3 is 2.96 bits per heavy atom. The number of nitrogens with one attached hydrogen (secondary N) is 1. The van der Waals surface area contributed by atoms with Crippen molar-refractivity contribution in [3.05, 3.63) is 64.7 Å². The van der Waals surface area contributed by atoms with Crippen molar-refractivity contribution in [3.63, 3.8) is 0 Å². The molecular formula is C19H19N3OS. The van der Waals surface area contributed by atoms with Gasteiger partial charge in [0.05, 0.1) is 16.6 Å². The van der Waals surface area contributed by atoms with E-state index in [2.05, 4.69) is 29.3 Å². The number of hydrogen-bond donors (Lipinski definition) is 1. The fourth-order valence-corrected chi connectivity index (χ4v) is 4.12. The molecule has 1 aliphatic rings. The zero-order chi connectivity index (χ0) is 16.5. The molecule has 1 fully saturated rings. The van der Waals surface area contributed by atoms with E-state index >= 15 is 0 Å². The van der Waals surface area contributed by atoms with Crippen molar-refractivity contribution in [2.45, 2.75) is 25.8 Å². The molecule has 4 rings (SSSR count). The fraction of sp³-hybridized carbons (Fsp3) is 0.263. The van der Waals surface area contributed by atoms with Crippen LogP contribution < -0.4 is 0 Å². The van der Waals surface area contributed by atoms with Gasteiger partial charge in [-0.25, -0.2) is 0 Å². The summed E-state index contributed by atoms with van der Waals surface area (Å²) in [4.78, 5) is 16.0. The fourth-order valence-electron chi connectivity index (χ4n) is 3.43. The van der Waals surface area contributed by atoms with E-state index in [1.165, 1.54) is 11.1 Å². The lowest BCUT2D eigenvalue weighted by Gasteiger charge is -2.25. The predicted molar refractivity (Wildman–Crippen MR) is 96.1 cm³/mol. The number of rotatable bonds is 3. The number of likely N-dealkylation sites (tertiary alicyclic amines) is 1. The molecule has 1 unspecified atom stereocenters. The minimum Gasteiger partial charge on any atom is -0.330 e. The number of aryl methyl sites for hydroxylation is 1. The SMILES string of the molecule is Cc1ccccc1C1CCCN1C(=O)c1cc(-c2cccs2)[nH]n1. The zero-order valence-electron chi connectivity index (χ0n) is 13.5. The first-order chi connectivity index (χ1) is 11.7. The number of aromatic nitrogens is 2. The van der Waals surface area contributed by atoms with Gasteiger partial charge in [0, 0.05) is 6.54 Å². The van der Waals surface area contributed by atoms with Gasteiger partial charge in [-0.05, 0) is 48.4 Å². The Bertz CT molecular complexity index is 853. The van der Waals surface area contributed by atoms with Crippen LogP contribution in [0.2, 0.25) is 0 Å². The molecule has 0 saturated carbocycles. The molecule has 1 saturated heterocycles. The second-order valence-electron chi connectivity index (χ2n) is 6.16. The molecule has 1 amide bonds. The Balaban J connectivity index is 1.61. The Kier molecular flexibility index (Phi) is 3.94. The topological polar surface area (TPSA) is 49.0 Å². The molecule has 1 aromatic carbocycles. The monoisotopic (exact) mass is 337 g/mol. The van der Waals surface area contributed by atoms with Crippen molar-refractivity contribution < 1.29 is 4.79 Å². The Hall–Kier alpha value is -2.40. The van der Waals surface area contributed by atoms with E-state index < -0.39 is 0 Å². The van der Waals surface area contributed by atoms with Crippen LogP contribution in [-0.4, -0.2) is 27.5 Å². The molecule has 3 aromatic rings. The molecule has 0 spiro atoms. The van der Waals surface area contributed by atoms with Gasteiger partial charge in [0.2, 0.25) is 0 Å². The third kappa shape index (κ3) is 2.65. The molecule has 1 atom stereocenters.